The Balaban J connectivity index is 2.31. The third kappa shape index (κ3) is 3.84. The van der Waals surface area contributed by atoms with Gasteiger partial charge in [0.1, 0.15) is 5.82 Å². The van der Waals surface area contributed by atoms with E-state index in [9.17, 15) is 18.0 Å². The maximum absolute atomic E-state index is 13.0. The molecule has 1 N–H and O–H groups in total. The summed E-state index contributed by atoms with van der Waals surface area (Å²) in [5.74, 6) is -1.19. The van der Waals surface area contributed by atoms with Crippen LogP contribution in [0.5, 0.6) is 0 Å². The topological polar surface area (TPSA) is 65.8 Å². The molecule has 0 aliphatic rings. The Morgan fingerprint density at radius 3 is 2.62 bits per heavy atom. The molecule has 124 valence electrons. The number of alkyl halides is 4. The first kappa shape index (κ1) is 17.8. The quantitative estimate of drug-likeness (QED) is 0.838. The van der Waals surface area contributed by atoms with Gasteiger partial charge in [0.25, 0.3) is 5.91 Å². The van der Waals surface area contributed by atoms with Crippen LogP contribution in [0.2, 0.25) is 0 Å². The fraction of sp³-hybridized carbons (Fsp3) is 0.188. The fourth-order valence-electron chi connectivity index (χ4n) is 2.09. The van der Waals surface area contributed by atoms with Crippen molar-refractivity contribution in [1.82, 2.24) is 4.98 Å². The van der Waals surface area contributed by atoms with Crippen LogP contribution in [-0.2, 0) is 12.1 Å². The number of amides is 1. The lowest BCUT2D eigenvalue weighted by atomic mass is 10.0. The summed E-state index contributed by atoms with van der Waals surface area (Å²) in [4.78, 5) is 16.0. The van der Waals surface area contributed by atoms with E-state index in [1.54, 1.807) is 6.92 Å². The van der Waals surface area contributed by atoms with Gasteiger partial charge in [-0.15, -0.1) is 11.6 Å². The van der Waals surface area contributed by atoms with Crippen molar-refractivity contribution in [2.75, 3.05) is 5.32 Å². The summed E-state index contributed by atoms with van der Waals surface area (Å²) in [5.41, 5.74) is 0.0369. The van der Waals surface area contributed by atoms with Crippen LogP contribution < -0.4 is 5.32 Å². The first-order chi connectivity index (χ1) is 11.3. The number of carbonyl (C=O) groups excluding carboxylic acids is 1. The zero-order valence-electron chi connectivity index (χ0n) is 12.4. The van der Waals surface area contributed by atoms with Crippen molar-refractivity contribution in [2.45, 2.75) is 19.0 Å². The zero-order chi connectivity index (χ0) is 17.9. The third-order valence-electron chi connectivity index (χ3n) is 3.28. The van der Waals surface area contributed by atoms with Crippen molar-refractivity contribution in [3.8, 4) is 6.07 Å². The summed E-state index contributed by atoms with van der Waals surface area (Å²) >= 11 is 5.49. The Labute approximate surface area is 140 Å². The molecule has 0 unspecified atom stereocenters. The average Bonchev–Trinajstić information content (AvgIpc) is 2.53. The molecule has 0 bridgehead atoms. The van der Waals surface area contributed by atoms with Gasteiger partial charge in [0, 0.05) is 17.6 Å². The minimum atomic E-state index is -4.60. The van der Waals surface area contributed by atoms with Crippen molar-refractivity contribution < 1.29 is 18.0 Å². The maximum atomic E-state index is 13.0. The second-order valence-electron chi connectivity index (χ2n) is 4.95. The van der Waals surface area contributed by atoms with Gasteiger partial charge < -0.3 is 5.32 Å². The van der Waals surface area contributed by atoms with Gasteiger partial charge in [-0.3, -0.25) is 4.79 Å². The number of hydrogen-bond acceptors (Lipinski definition) is 3. The molecule has 0 radical (unpaired) electrons. The number of anilines is 1. The van der Waals surface area contributed by atoms with E-state index < -0.39 is 17.6 Å². The van der Waals surface area contributed by atoms with Crippen LogP contribution in [0, 0.1) is 18.3 Å². The molecular formula is C16H11ClF3N3O. The summed E-state index contributed by atoms with van der Waals surface area (Å²) in [6.07, 6.45) is -3.62. The number of benzene rings is 1. The van der Waals surface area contributed by atoms with Crippen LogP contribution in [0.4, 0.5) is 19.0 Å². The Morgan fingerprint density at radius 2 is 2.08 bits per heavy atom. The Morgan fingerprint density at radius 1 is 1.38 bits per heavy atom. The van der Waals surface area contributed by atoms with Gasteiger partial charge in [0.2, 0.25) is 0 Å². The van der Waals surface area contributed by atoms with Crippen molar-refractivity contribution in [3.05, 3.63) is 58.3 Å². The molecule has 0 atom stereocenters. The number of aromatic nitrogens is 1. The minimum absolute atomic E-state index is 0.170. The summed E-state index contributed by atoms with van der Waals surface area (Å²) in [5, 5.41) is 11.1. The molecule has 1 aromatic carbocycles. The van der Waals surface area contributed by atoms with Gasteiger partial charge in [0.15, 0.2) is 0 Å². The van der Waals surface area contributed by atoms with Gasteiger partial charge in [-0.2, -0.15) is 18.4 Å². The molecule has 2 rings (SSSR count). The van der Waals surface area contributed by atoms with Crippen LogP contribution in [-0.4, -0.2) is 10.9 Å². The first-order valence-corrected chi connectivity index (χ1v) is 7.24. The number of nitrogens with one attached hydrogen (secondary N) is 1. The highest BCUT2D eigenvalue weighted by molar-refractivity contribution is 6.17. The number of nitrogens with zero attached hydrogens (tertiary/aromatic N) is 2. The average molecular weight is 354 g/mol. The molecule has 0 spiro atoms. The predicted molar refractivity (Wildman–Crippen MR) is 82.6 cm³/mol. The van der Waals surface area contributed by atoms with Gasteiger partial charge in [-0.1, -0.05) is 0 Å². The normalized spacial score (nSPS) is 11.0. The number of nitriles is 1. The Kier molecular flexibility index (Phi) is 5.10. The SMILES string of the molecule is Cc1cc(C#N)ccc1C(=O)Nc1cc(C(F)(F)F)c(CCl)cn1. The van der Waals surface area contributed by atoms with Crippen LogP contribution in [0.25, 0.3) is 0 Å². The van der Waals surface area contributed by atoms with Crippen LogP contribution >= 0.6 is 11.6 Å². The zero-order valence-corrected chi connectivity index (χ0v) is 13.2. The number of hydrogen-bond donors (Lipinski definition) is 1. The van der Waals surface area contributed by atoms with Gasteiger partial charge in [-0.05, 0) is 42.3 Å². The summed E-state index contributed by atoms with van der Waals surface area (Å²) in [6.45, 7) is 1.63. The van der Waals surface area contributed by atoms with E-state index in [4.69, 9.17) is 16.9 Å². The highest BCUT2D eigenvalue weighted by Crippen LogP contribution is 2.33. The lowest BCUT2D eigenvalue weighted by Gasteiger charge is -2.13. The second kappa shape index (κ2) is 6.89. The van der Waals surface area contributed by atoms with Crippen molar-refractivity contribution in [1.29, 1.82) is 5.26 Å². The van der Waals surface area contributed by atoms with E-state index in [-0.39, 0.29) is 22.8 Å². The number of rotatable bonds is 3. The molecule has 1 aromatic heterocycles. The molecule has 0 saturated carbocycles. The van der Waals surface area contributed by atoms with Crippen LogP contribution in [0.1, 0.15) is 32.6 Å². The van der Waals surface area contributed by atoms with Gasteiger partial charge in [0.05, 0.1) is 17.2 Å². The Hall–Kier alpha value is -2.59. The summed E-state index contributed by atoms with van der Waals surface area (Å²) in [7, 11) is 0. The largest absolute Gasteiger partial charge is 0.416 e. The number of aryl methyl sites for hydroxylation is 1. The fourth-order valence-corrected chi connectivity index (χ4v) is 2.31. The maximum Gasteiger partial charge on any atom is 0.416 e. The van der Waals surface area contributed by atoms with Gasteiger partial charge >= 0.3 is 6.18 Å². The molecule has 2 aromatic rings. The molecular weight excluding hydrogens is 343 g/mol. The van der Waals surface area contributed by atoms with E-state index in [1.165, 1.54) is 18.2 Å². The second-order valence-corrected chi connectivity index (χ2v) is 5.22. The van der Waals surface area contributed by atoms with Crippen molar-refractivity contribution in [3.63, 3.8) is 0 Å². The molecule has 1 heterocycles. The van der Waals surface area contributed by atoms with E-state index >= 15 is 0 Å². The molecule has 1 amide bonds. The van der Waals surface area contributed by atoms with E-state index in [2.05, 4.69) is 10.3 Å². The minimum Gasteiger partial charge on any atom is -0.307 e. The standard InChI is InChI=1S/C16H11ClF3N3O/c1-9-4-10(7-21)2-3-12(9)15(24)23-14-5-13(16(18,19)20)11(6-17)8-22-14/h2-5,8H,6H2,1H3,(H,22,23,24). The molecule has 0 fully saturated rings. The monoisotopic (exact) mass is 353 g/mol. The lowest BCUT2D eigenvalue weighted by molar-refractivity contribution is -0.138. The molecule has 0 aliphatic heterocycles. The molecule has 0 aliphatic carbocycles. The van der Waals surface area contributed by atoms with Gasteiger partial charge in [-0.25, -0.2) is 4.98 Å². The predicted octanol–water partition coefficient (Wildman–Crippen LogP) is 4.27. The van der Waals surface area contributed by atoms with E-state index in [0.29, 0.717) is 11.1 Å². The van der Waals surface area contributed by atoms with Crippen molar-refractivity contribution >= 4 is 23.3 Å². The van der Waals surface area contributed by atoms with Crippen LogP contribution in [0.15, 0.2) is 30.5 Å². The lowest BCUT2D eigenvalue weighted by Crippen LogP contribution is -2.16. The number of halogens is 4. The van der Waals surface area contributed by atoms with E-state index in [0.717, 1.165) is 12.3 Å². The molecule has 0 saturated heterocycles. The number of pyridine rings is 1. The summed E-state index contributed by atoms with van der Waals surface area (Å²) < 4.78 is 39.0. The van der Waals surface area contributed by atoms with E-state index in [1.807, 2.05) is 6.07 Å². The highest BCUT2D eigenvalue weighted by atomic mass is 35.5. The summed E-state index contributed by atoms with van der Waals surface area (Å²) in [6, 6.07) is 7.08. The third-order valence-corrected chi connectivity index (χ3v) is 3.57. The first-order valence-electron chi connectivity index (χ1n) is 6.70. The van der Waals surface area contributed by atoms with Crippen LogP contribution in [0.3, 0.4) is 0 Å². The molecule has 4 nitrogen and oxygen atoms in total. The molecule has 24 heavy (non-hydrogen) atoms. The smallest absolute Gasteiger partial charge is 0.307 e. The highest BCUT2D eigenvalue weighted by Gasteiger charge is 2.34. The molecule has 8 heteroatoms. The number of carbonyl (C=O) groups is 1. The van der Waals surface area contributed by atoms with Crippen molar-refractivity contribution in [2.24, 2.45) is 0 Å². The Bertz CT molecular complexity index is 828.